The van der Waals surface area contributed by atoms with Crippen molar-refractivity contribution in [3.63, 3.8) is 0 Å². The van der Waals surface area contributed by atoms with Crippen molar-refractivity contribution in [1.29, 1.82) is 0 Å². The predicted molar refractivity (Wildman–Crippen MR) is 76.5 cm³/mol. The Morgan fingerprint density at radius 2 is 1.78 bits per heavy atom. The van der Waals surface area contributed by atoms with Crippen molar-refractivity contribution in [1.82, 2.24) is 0 Å². The SMILES string of the molecule is Cc1ccc(COc2cccc(Cl)c2CCl)cc1. The van der Waals surface area contributed by atoms with Crippen LogP contribution >= 0.6 is 23.2 Å². The Bertz CT molecular complexity index is 521. The smallest absolute Gasteiger partial charge is 0.125 e. The lowest BCUT2D eigenvalue weighted by Gasteiger charge is -2.11. The van der Waals surface area contributed by atoms with Gasteiger partial charge in [0.2, 0.25) is 0 Å². The summed E-state index contributed by atoms with van der Waals surface area (Å²) < 4.78 is 5.77. The minimum atomic E-state index is 0.350. The van der Waals surface area contributed by atoms with E-state index in [1.54, 1.807) is 0 Å². The van der Waals surface area contributed by atoms with Gasteiger partial charge in [-0.2, -0.15) is 0 Å². The summed E-state index contributed by atoms with van der Waals surface area (Å²) in [7, 11) is 0. The van der Waals surface area contributed by atoms with Crippen LogP contribution in [0.2, 0.25) is 5.02 Å². The zero-order valence-corrected chi connectivity index (χ0v) is 11.6. The Hall–Kier alpha value is -1.18. The van der Waals surface area contributed by atoms with Gasteiger partial charge in [0, 0.05) is 10.6 Å². The lowest BCUT2D eigenvalue weighted by molar-refractivity contribution is 0.304. The van der Waals surface area contributed by atoms with E-state index in [0.29, 0.717) is 17.5 Å². The fourth-order valence-corrected chi connectivity index (χ4v) is 2.23. The van der Waals surface area contributed by atoms with Gasteiger partial charge in [-0.25, -0.2) is 0 Å². The molecule has 2 aromatic carbocycles. The molecule has 18 heavy (non-hydrogen) atoms. The number of alkyl halides is 1. The standard InChI is InChI=1S/C15H14Cl2O/c1-11-5-7-12(8-6-11)10-18-15-4-2-3-14(17)13(15)9-16/h2-8H,9-10H2,1H3. The molecule has 0 aliphatic heterocycles. The van der Waals surface area contributed by atoms with E-state index in [1.807, 2.05) is 18.2 Å². The summed E-state index contributed by atoms with van der Waals surface area (Å²) in [4.78, 5) is 0. The van der Waals surface area contributed by atoms with E-state index in [4.69, 9.17) is 27.9 Å². The van der Waals surface area contributed by atoms with E-state index in [0.717, 1.165) is 16.9 Å². The minimum absolute atomic E-state index is 0.350. The highest BCUT2D eigenvalue weighted by atomic mass is 35.5. The zero-order valence-electron chi connectivity index (χ0n) is 10.1. The minimum Gasteiger partial charge on any atom is -0.489 e. The van der Waals surface area contributed by atoms with Gasteiger partial charge in [-0.05, 0) is 24.6 Å². The molecular weight excluding hydrogens is 267 g/mol. The molecule has 0 radical (unpaired) electrons. The molecule has 3 heteroatoms. The number of benzene rings is 2. The Kier molecular flexibility index (Phi) is 4.51. The molecule has 1 nitrogen and oxygen atoms in total. The molecule has 0 fully saturated rings. The molecule has 0 heterocycles. The van der Waals surface area contributed by atoms with Crippen molar-refractivity contribution >= 4 is 23.2 Å². The van der Waals surface area contributed by atoms with E-state index >= 15 is 0 Å². The van der Waals surface area contributed by atoms with E-state index in [9.17, 15) is 0 Å². The summed E-state index contributed by atoms with van der Waals surface area (Å²) in [6.45, 7) is 2.58. The molecule has 0 bridgehead atoms. The van der Waals surface area contributed by atoms with Crippen LogP contribution in [0.1, 0.15) is 16.7 Å². The van der Waals surface area contributed by atoms with Crippen LogP contribution in [0.3, 0.4) is 0 Å². The normalized spacial score (nSPS) is 10.4. The second-order valence-corrected chi connectivity index (χ2v) is 4.80. The number of halogens is 2. The van der Waals surface area contributed by atoms with E-state index in [2.05, 4.69) is 31.2 Å². The maximum Gasteiger partial charge on any atom is 0.125 e. The highest BCUT2D eigenvalue weighted by Crippen LogP contribution is 2.28. The summed E-state index contributed by atoms with van der Waals surface area (Å²) in [5.74, 6) is 1.10. The van der Waals surface area contributed by atoms with Gasteiger partial charge in [0.1, 0.15) is 12.4 Å². The van der Waals surface area contributed by atoms with Crippen molar-refractivity contribution in [3.8, 4) is 5.75 Å². The van der Waals surface area contributed by atoms with Crippen LogP contribution in [-0.4, -0.2) is 0 Å². The number of hydrogen-bond donors (Lipinski definition) is 0. The fourth-order valence-electron chi connectivity index (χ4n) is 1.65. The fraction of sp³-hybridized carbons (Fsp3) is 0.200. The van der Waals surface area contributed by atoms with Gasteiger partial charge in [0.05, 0.1) is 5.88 Å². The Balaban J connectivity index is 2.10. The molecule has 0 aliphatic rings. The van der Waals surface area contributed by atoms with Crippen LogP contribution < -0.4 is 4.74 Å². The monoisotopic (exact) mass is 280 g/mol. The Morgan fingerprint density at radius 1 is 1.06 bits per heavy atom. The van der Waals surface area contributed by atoms with Crippen LogP contribution in [0.15, 0.2) is 42.5 Å². The Morgan fingerprint density at radius 3 is 2.44 bits per heavy atom. The second kappa shape index (κ2) is 6.12. The van der Waals surface area contributed by atoms with Gasteiger partial charge < -0.3 is 4.74 Å². The molecule has 94 valence electrons. The summed E-state index contributed by atoms with van der Waals surface area (Å²) in [5.41, 5.74) is 3.21. The zero-order chi connectivity index (χ0) is 13.0. The maximum absolute atomic E-state index is 6.07. The van der Waals surface area contributed by atoms with Crippen LogP contribution in [0.25, 0.3) is 0 Å². The quantitative estimate of drug-likeness (QED) is 0.719. The molecule has 0 saturated heterocycles. The van der Waals surface area contributed by atoms with Gasteiger partial charge in [0.15, 0.2) is 0 Å². The first-order valence-electron chi connectivity index (χ1n) is 5.72. The van der Waals surface area contributed by atoms with E-state index < -0.39 is 0 Å². The van der Waals surface area contributed by atoms with Crippen LogP contribution in [-0.2, 0) is 12.5 Å². The molecule has 0 N–H and O–H groups in total. The molecule has 0 amide bonds. The highest BCUT2D eigenvalue weighted by Gasteiger charge is 2.07. The average molecular weight is 281 g/mol. The lowest BCUT2D eigenvalue weighted by Crippen LogP contribution is -1.98. The molecule has 0 atom stereocenters. The molecule has 0 unspecified atom stereocenters. The molecule has 0 aromatic heterocycles. The summed E-state index contributed by atoms with van der Waals surface area (Å²) in [5, 5.41) is 0.645. The number of hydrogen-bond acceptors (Lipinski definition) is 1. The predicted octanol–water partition coefficient (Wildman–Crippen LogP) is 4.97. The molecular formula is C15H14Cl2O. The molecule has 0 saturated carbocycles. The first-order valence-corrected chi connectivity index (χ1v) is 6.63. The van der Waals surface area contributed by atoms with E-state index in [-0.39, 0.29) is 0 Å². The first-order chi connectivity index (χ1) is 8.70. The Labute approximate surface area is 117 Å². The van der Waals surface area contributed by atoms with Crippen molar-refractivity contribution < 1.29 is 4.74 Å². The maximum atomic E-state index is 6.07. The first kappa shape index (κ1) is 13.3. The van der Waals surface area contributed by atoms with Gasteiger partial charge in [-0.15, -0.1) is 11.6 Å². The molecule has 2 rings (SSSR count). The number of ether oxygens (including phenoxy) is 1. The van der Waals surface area contributed by atoms with Crippen molar-refractivity contribution in [3.05, 3.63) is 64.2 Å². The topological polar surface area (TPSA) is 9.23 Å². The van der Waals surface area contributed by atoms with Crippen LogP contribution in [0.5, 0.6) is 5.75 Å². The summed E-state index contributed by atoms with van der Waals surface area (Å²) >= 11 is 11.9. The summed E-state index contributed by atoms with van der Waals surface area (Å²) in [6.07, 6.45) is 0. The van der Waals surface area contributed by atoms with Crippen molar-refractivity contribution in [2.24, 2.45) is 0 Å². The van der Waals surface area contributed by atoms with Crippen molar-refractivity contribution in [2.75, 3.05) is 0 Å². The highest BCUT2D eigenvalue weighted by molar-refractivity contribution is 6.32. The van der Waals surface area contributed by atoms with Crippen molar-refractivity contribution in [2.45, 2.75) is 19.4 Å². The third kappa shape index (κ3) is 3.18. The van der Waals surface area contributed by atoms with Gasteiger partial charge in [-0.1, -0.05) is 47.5 Å². The number of rotatable bonds is 4. The van der Waals surface area contributed by atoms with Crippen LogP contribution in [0, 0.1) is 6.92 Å². The molecule has 0 aliphatic carbocycles. The third-order valence-electron chi connectivity index (χ3n) is 2.72. The molecule has 0 spiro atoms. The van der Waals surface area contributed by atoms with Gasteiger partial charge >= 0.3 is 0 Å². The molecule has 2 aromatic rings. The largest absolute Gasteiger partial charge is 0.489 e. The second-order valence-electron chi connectivity index (χ2n) is 4.12. The number of aryl methyl sites for hydroxylation is 1. The van der Waals surface area contributed by atoms with Crippen LogP contribution in [0.4, 0.5) is 0 Å². The summed E-state index contributed by atoms with van der Waals surface area (Å²) in [6, 6.07) is 13.8. The third-order valence-corrected chi connectivity index (χ3v) is 3.35. The van der Waals surface area contributed by atoms with E-state index in [1.165, 1.54) is 5.56 Å². The van der Waals surface area contributed by atoms with Gasteiger partial charge in [-0.3, -0.25) is 0 Å². The average Bonchev–Trinajstić information content (AvgIpc) is 2.38. The van der Waals surface area contributed by atoms with Gasteiger partial charge in [0.25, 0.3) is 0 Å². The lowest BCUT2D eigenvalue weighted by atomic mass is 10.1.